The minimum absolute atomic E-state index is 0.0421. The Balaban J connectivity index is 1.52. The Bertz CT molecular complexity index is 894. The highest BCUT2D eigenvalue weighted by molar-refractivity contribution is 6.30. The first-order valence-electron chi connectivity index (χ1n) is 9.51. The number of amides is 1. The molecule has 148 valence electrons. The molecule has 1 saturated carbocycles. The molecule has 6 heteroatoms. The van der Waals surface area contributed by atoms with Gasteiger partial charge in [0.1, 0.15) is 11.4 Å². The third kappa shape index (κ3) is 3.63. The molecule has 2 aliphatic rings. The van der Waals surface area contributed by atoms with E-state index in [1.807, 2.05) is 36.4 Å². The minimum atomic E-state index is -0.151. The Hall–Kier alpha value is -2.40. The summed E-state index contributed by atoms with van der Waals surface area (Å²) in [6.07, 6.45) is 4.25. The van der Waals surface area contributed by atoms with Crippen molar-refractivity contribution in [2.24, 2.45) is 0 Å². The number of rotatable bonds is 5. The van der Waals surface area contributed by atoms with Gasteiger partial charge in [-0.25, -0.2) is 0 Å². The summed E-state index contributed by atoms with van der Waals surface area (Å²) in [6.45, 7) is 0. The van der Waals surface area contributed by atoms with Crippen LogP contribution in [0.5, 0.6) is 17.2 Å². The monoisotopic (exact) mass is 401 g/mol. The van der Waals surface area contributed by atoms with Gasteiger partial charge in [0.05, 0.1) is 26.7 Å². The molecular formula is C22H24ClNO4. The molecule has 1 heterocycles. The lowest BCUT2D eigenvalue weighted by molar-refractivity contribution is -0.122. The standard InChI is InChI=1S/C22H24ClNO4/c1-26-19-6-4-14(10-20(19)27-2)11-21(25)24-17-13-22(8-3-9-22)28-18-7-5-15(23)12-16(17)18/h4-7,10,12,17H,3,8-9,11,13H2,1-2H3,(H,24,25). The molecule has 1 atom stereocenters. The number of hydrogen-bond acceptors (Lipinski definition) is 4. The fraction of sp³-hybridized carbons (Fsp3) is 0.409. The first-order chi connectivity index (χ1) is 13.5. The Kier molecular flexibility index (Phi) is 5.11. The Morgan fingerprint density at radius 1 is 1.18 bits per heavy atom. The van der Waals surface area contributed by atoms with E-state index in [1.54, 1.807) is 14.2 Å². The highest BCUT2D eigenvalue weighted by Crippen LogP contribution is 2.49. The summed E-state index contributed by atoms with van der Waals surface area (Å²) in [5, 5.41) is 3.84. The molecule has 5 nitrogen and oxygen atoms in total. The fourth-order valence-electron chi connectivity index (χ4n) is 4.07. The number of hydrogen-bond donors (Lipinski definition) is 1. The molecule has 1 aliphatic carbocycles. The van der Waals surface area contributed by atoms with Crippen LogP contribution in [0, 0.1) is 0 Å². The van der Waals surface area contributed by atoms with Crippen molar-refractivity contribution in [1.82, 2.24) is 5.32 Å². The van der Waals surface area contributed by atoms with Crippen LogP contribution in [0.15, 0.2) is 36.4 Å². The number of carbonyl (C=O) groups is 1. The van der Waals surface area contributed by atoms with Crippen molar-refractivity contribution in [2.75, 3.05) is 14.2 Å². The highest BCUT2D eigenvalue weighted by atomic mass is 35.5. The van der Waals surface area contributed by atoms with Crippen LogP contribution >= 0.6 is 11.6 Å². The van der Waals surface area contributed by atoms with Crippen molar-refractivity contribution in [1.29, 1.82) is 0 Å². The predicted molar refractivity (Wildman–Crippen MR) is 107 cm³/mol. The third-order valence-corrected chi connectivity index (χ3v) is 5.90. The minimum Gasteiger partial charge on any atom is -0.493 e. The predicted octanol–water partition coefficient (Wildman–Crippen LogP) is 4.46. The Morgan fingerprint density at radius 2 is 1.96 bits per heavy atom. The summed E-state index contributed by atoms with van der Waals surface area (Å²) in [5.41, 5.74) is 1.67. The smallest absolute Gasteiger partial charge is 0.224 e. The van der Waals surface area contributed by atoms with Gasteiger partial charge in [-0.2, -0.15) is 0 Å². The van der Waals surface area contributed by atoms with Crippen molar-refractivity contribution in [3.8, 4) is 17.2 Å². The maximum Gasteiger partial charge on any atom is 0.224 e. The quantitative estimate of drug-likeness (QED) is 0.803. The molecule has 2 aromatic rings. The molecule has 1 amide bonds. The average Bonchev–Trinajstić information content (AvgIpc) is 2.66. The van der Waals surface area contributed by atoms with Crippen molar-refractivity contribution in [2.45, 2.75) is 43.7 Å². The van der Waals surface area contributed by atoms with E-state index in [4.69, 9.17) is 25.8 Å². The van der Waals surface area contributed by atoms with Crippen LogP contribution in [-0.4, -0.2) is 25.7 Å². The first kappa shape index (κ1) is 18.9. The number of fused-ring (bicyclic) bond motifs is 1. The van der Waals surface area contributed by atoms with Gasteiger partial charge in [-0.15, -0.1) is 0 Å². The SMILES string of the molecule is COc1ccc(CC(=O)NC2CC3(CCC3)Oc3ccc(Cl)cc32)cc1OC. The Labute approximate surface area is 169 Å². The van der Waals surface area contributed by atoms with Gasteiger partial charge in [0, 0.05) is 17.0 Å². The van der Waals surface area contributed by atoms with E-state index in [0.29, 0.717) is 16.5 Å². The van der Waals surface area contributed by atoms with E-state index < -0.39 is 0 Å². The van der Waals surface area contributed by atoms with Gasteiger partial charge in [0.2, 0.25) is 5.91 Å². The van der Waals surface area contributed by atoms with Crippen LogP contribution in [-0.2, 0) is 11.2 Å². The summed E-state index contributed by atoms with van der Waals surface area (Å²) in [5.74, 6) is 2.04. The van der Waals surface area contributed by atoms with E-state index in [1.165, 1.54) is 0 Å². The zero-order valence-corrected chi connectivity index (χ0v) is 16.8. The molecule has 1 aliphatic heterocycles. The van der Waals surface area contributed by atoms with Crippen molar-refractivity contribution in [3.05, 3.63) is 52.5 Å². The largest absolute Gasteiger partial charge is 0.493 e. The van der Waals surface area contributed by atoms with Gasteiger partial charge < -0.3 is 19.5 Å². The van der Waals surface area contributed by atoms with Gasteiger partial charge in [0.15, 0.2) is 11.5 Å². The van der Waals surface area contributed by atoms with Gasteiger partial charge in [-0.3, -0.25) is 4.79 Å². The molecule has 0 radical (unpaired) electrons. The highest BCUT2D eigenvalue weighted by Gasteiger charge is 2.45. The summed E-state index contributed by atoms with van der Waals surface area (Å²) >= 11 is 6.20. The number of carbonyl (C=O) groups excluding carboxylic acids is 1. The van der Waals surface area contributed by atoms with Crippen molar-refractivity contribution >= 4 is 17.5 Å². The van der Waals surface area contributed by atoms with Gasteiger partial charge in [-0.05, 0) is 55.2 Å². The van der Waals surface area contributed by atoms with E-state index in [9.17, 15) is 4.79 Å². The molecular weight excluding hydrogens is 378 g/mol. The van der Waals surface area contributed by atoms with Crippen LogP contribution in [0.25, 0.3) is 0 Å². The Morgan fingerprint density at radius 3 is 2.64 bits per heavy atom. The molecule has 0 bridgehead atoms. The molecule has 1 spiro atoms. The topological polar surface area (TPSA) is 56.8 Å². The normalized spacial score (nSPS) is 19.2. The summed E-state index contributed by atoms with van der Waals surface area (Å²) in [4.78, 5) is 12.8. The van der Waals surface area contributed by atoms with Crippen molar-refractivity contribution < 1.29 is 19.0 Å². The lowest BCUT2D eigenvalue weighted by Gasteiger charge is -2.48. The lowest BCUT2D eigenvalue weighted by Crippen LogP contribution is -2.49. The molecule has 4 rings (SSSR count). The van der Waals surface area contributed by atoms with Crippen LogP contribution < -0.4 is 19.5 Å². The molecule has 1 fully saturated rings. The second-order valence-electron chi connectivity index (χ2n) is 7.51. The van der Waals surface area contributed by atoms with Crippen LogP contribution in [0.4, 0.5) is 0 Å². The zero-order chi connectivity index (χ0) is 19.7. The van der Waals surface area contributed by atoms with E-state index in [2.05, 4.69) is 5.32 Å². The number of nitrogens with one attached hydrogen (secondary N) is 1. The molecule has 1 unspecified atom stereocenters. The second-order valence-corrected chi connectivity index (χ2v) is 7.95. The van der Waals surface area contributed by atoms with Gasteiger partial charge in [-0.1, -0.05) is 17.7 Å². The van der Waals surface area contributed by atoms with E-state index >= 15 is 0 Å². The summed E-state index contributed by atoms with van der Waals surface area (Å²) < 4.78 is 16.8. The summed E-state index contributed by atoms with van der Waals surface area (Å²) in [7, 11) is 3.18. The average molecular weight is 402 g/mol. The third-order valence-electron chi connectivity index (χ3n) is 5.66. The molecule has 0 aromatic heterocycles. The zero-order valence-electron chi connectivity index (χ0n) is 16.1. The van der Waals surface area contributed by atoms with E-state index in [0.717, 1.165) is 42.6 Å². The molecule has 1 N–H and O–H groups in total. The maximum absolute atomic E-state index is 12.8. The molecule has 0 saturated heterocycles. The number of ether oxygens (including phenoxy) is 3. The van der Waals surface area contributed by atoms with Crippen LogP contribution in [0.1, 0.15) is 42.9 Å². The lowest BCUT2D eigenvalue weighted by atomic mass is 9.73. The summed E-state index contributed by atoms with van der Waals surface area (Å²) in [6, 6.07) is 11.1. The first-order valence-corrected chi connectivity index (χ1v) is 9.88. The van der Waals surface area contributed by atoms with Crippen molar-refractivity contribution in [3.63, 3.8) is 0 Å². The number of halogens is 1. The van der Waals surface area contributed by atoms with Gasteiger partial charge in [0.25, 0.3) is 0 Å². The molecule has 2 aromatic carbocycles. The van der Waals surface area contributed by atoms with Crippen LogP contribution in [0.2, 0.25) is 5.02 Å². The fourth-order valence-corrected chi connectivity index (χ4v) is 4.25. The van der Waals surface area contributed by atoms with Crippen LogP contribution in [0.3, 0.4) is 0 Å². The maximum atomic E-state index is 12.8. The second kappa shape index (κ2) is 7.55. The van der Waals surface area contributed by atoms with Gasteiger partial charge >= 0.3 is 0 Å². The molecule has 28 heavy (non-hydrogen) atoms. The number of benzene rings is 2. The van der Waals surface area contributed by atoms with E-state index in [-0.39, 0.29) is 24.0 Å². The number of methoxy groups -OCH3 is 2.